The van der Waals surface area contributed by atoms with Gasteiger partial charge in [-0.25, -0.2) is 9.97 Å². The summed E-state index contributed by atoms with van der Waals surface area (Å²) in [5.74, 6) is 1.69. The molecule has 0 spiro atoms. The lowest BCUT2D eigenvalue weighted by molar-refractivity contribution is 0.682. The van der Waals surface area contributed by atoms with E-state index in [0.29, 0.717) is 5.54 Å². The lowest BCUT2D eigenvalue weighted by Gasteiger charge is -2.13. The topological polar surface area (TPSA) is 37.8 Å². The maximum absolute atomic E-state index is 4.28. The van der Waals surface area contributed by atoms with Crippen molar-refractivity contribution >= 4 is 28.5 Å². The minimum absolute atomic E-state index is 0.382. The Kier molecular flexibility index (Phi) is 1.93. The third kappa shape index (κ3) is 1.39. The van der Waals surface area contributed by atoms with E-state index in [-0.39, 0.29) is 0 Å². The fourth-order valence-electron chi connectivity index (χ4n) is 2.54. The zero-order chi connectivity index (χ0) is 9.60. The van der Waals surface area contributed by atoms with E-state index in [0.717, 1.165) is 15.4 Å². The summed E-state index contributed by atoms with van der Waals surface area (Å²) in [5.41, 5.74) is 0.382. The van der Waals surface area contributed by atoms with Crippen LogP contribution in [0.2, 0.25) is 0 Å². The summed E-state index contributed by atoms with van der Waals surface area (Å²) in [5, 5.41) is 3.49. The van der Waals surface area contributed by atoms with Crippen molar-refractivity contribution in [1.29, 1.82) is 0 Å². The van der Waals surface area contributed by atoms with Gasteiger partial charge in [0.15, 0.2) is 0 Å². The van der Waals surface area contributed by atoms with E-state index in [4.69, 9.17) is 0 Å². The Hall–Kier alpha value is -0.390. The van der Waals surface area contributed by atoms with E-state index in [2.05, 4.69) is 37.9 Å². The van der Waals surface area contributed by atoms with Crippen LogP contribution < -0.4 is 5.32 Å². The van der Waals surface area contributed by atoms with Crippen molar-refractivity contribution in [3.05, 3.63) is 16.0 Å². The van der Waals surface area contributed by atoms with Crippen molar-refractivity contribution in [1.82, 2.24) is 9.97 Å². The molecular weight excluding hydrogens is 289 g/mol. The second kappa shape index (κ2) is 3.05. The highest BCUT2D eigenvalue weighted by atomic mass is 127. The van der Waals surface area contributed by atoms with Gasteiger partial charge in [0.1, 0.15) is 0 Å². The van der Waals surface area contributed by atoms with Gasteiger partial charge in [-0.1, -0.05) is 6.42 Å². The predicted octanol–water partition coefficient (Wildman–Crippen LogP) is 2.44. The van der Waals surface area contributed by atoms with Gasteiger partial charge >= 0.3 is 0 Å². The van der Waals surface area contributed by atoms with Crippen molar-refractivity contribution in [2.24, 2.45) is 5.92 Å². The molecule has 2 saturated carbocycles. The number of nitrogens with one attached hydrogen (secondary N) is 1. The zero-order valence-corrected chi connectivity index (χ0v) is 9.99. The summed E-state index contributed by atoms with van der Waals surface area (Å²) >= 11 is 2.22. The van der Waals surface area contributed by atoms with Gasteiger partial charge in [-0.2, -0.15) is 0 Å². The third-order valence-corrected chi connectivity index (χ3v) is 3.95. The molecule has 3 rings (SSSR count). The molecule has 0 aliphatic heterocycles. The van der Waals surface area contributed by atoms with Crippen LogP contribution in [0.4, 0.5) is 5.95 Å². The maximum Gasteiger partial charge on any atom is 0.223 e. The van der Waals surface area contributed by atoms with E-state index < -0.39 is 0 Å². The molecule has 0 aromatic carbocycles. The molecule has 0 saturated heterocycles. The highest BCUT2D eigenvalue weighted by Gasteiger charge is 2.57. The van der Waals surface area contributed by atoms with E-state index in [1.807, 2.05) is 12.4 Å². The van der Waals surface area contributed by atoms with Gasteiger partial charge in [-0.15, -0.1) is 0 Å². The molecule has 3 nitrogen and oxygen atoms in total. The first-order valence-electron chi connectivity index (χ1n) is 5.04. The first kappa shape index (κ1) is 8.88. The van der Waals surface area contributed by atoms with Crippen LogP contribution in [0.3, 0.4) is 0 Å². The lowest BCUT2D eigenvalue weighted by Crippen LogP contribution is -2.22. The van der Waals surface area contributed by atoms with Crippen LogP contribution in [0.25, 0.3) is 0 Å². The quantitative estimate of drug-likeness (QED) is 0.853. The number of fused-ring (bicyclic) bond motifs is 1. The number of anilines is 1. The summed E-state index contributed by atoms with van der Waals surface area (Å²) in [6.07, 6.45) is 9.09. The van der Waals surface area contributed by atoms with Crippen LogP contribution in [0.15, 0.2) is 12.4 Å². The second-order valence-corrected chi connectivity index (χ2v) is 5.54. The summed E-state index contributed by atoms with van der Waals surface area (Å²) in [7, 11) is 0. The Bertz CT molecular complexity index is 351. The number of rotatable bonds is 2. The molecule has 4 heteroatoms. The largest absolute Gasteiger partial charge is 0.348 e. The smallest absolute Gasteiger partial charge is 0.223 e. The number of nitrogens with zero attached hydrogens (tertiary/aromatic N) is 2. The average molecular weight is 301 g/mol. The van der Waals surface area contributed by atoms with Crippen LogP contribution in [0, 0.1) is 9.49 Å². The SMILES string of the molecule is Ic1cnc(NC23CCCC2C3)nc1. The van der Waals surface area contributed by atoms with E-state index in [1.165, 1.54) is 25.7 Å². The molecule has 2 unspecified atom stereocenters. The number of hydrogen-bond acceptors (Lipinski definition) is 3. The fraction of sp³-hybridized carbons (Fsp3) is 0.600. The molecule has 14 heavy (non-hydrogen) atoms. The monoisotopic (exact) mass is 301 g/mol. The van der Waals surface area contributed by atoms with Crippen molar-refractivity contribution in [2.45, 2.75) is 31.2 Å². The first-order valence-corrected chi connectivity index (χ1v) is 6.12. The normalized spacial score (nSPS) is 33.9. The fourth-order valence-corrected chi connectivity index (χ4v) is 2.82. The molecule has 2 atom stereocenters. The van der Waals surface area contributed by atoms with Crippen LogP contribution in [-0.4, -0.2) is 15.5 Å². The van der Waals surface area contributed by atoms with Crippen molar-refractivity contribution in [2.75, 3.05) is 5.32 Å². The predicted molar refractivity (Wildman–Crippen MR) is 63.1 cm³/mol. The third-order valence-electron chi connectivity index (χ3n) is 3.39. The number of aromatic nitrogens is 2. The number of halogens is 1. The summed E-state index contributed by atoms with van der Waals surface area (Å²) in [6.45, 7) is 0. The van der Waals surface area contributed by atoms with Crippen LogP contribution in [0.1, 0.15) is 25.7 Å². The molecule has 0 amide bonds. The molecule has 1 heterocycles. The molecule has 2 aliphatic carbocycles. The van der Waals surface area contributed by atoms with Crippen LogP contribution >= 0.6 is 22.6 Å². The molecule has 1 N–H and O–H groups in total. The van der Waals surface area contributed by atoms with Gasteiger partial charge in [0.05, 0.1) is 0 Å². The van der Waals surface area contributed by atoms with Gasteiger partial charge in [0, 0.05) is 21.5 Å². The van der Waals surface area contributed by atoms with Crippen LogP contribution in [-0.2, 0) is 0 Å². The first-order chi connectivity index (χ1) is 6.78. The Labute approximate surface area is 96.9 Å². The maximum atomic E-state index is 4.28. The van der Waals surface area contributed by atoms with E-state index in [9.17, 15) is 0 Å². The van der Waals surface area contributed by atoms with Crippen LogP contribution in [0.5, 0.6) is 0 Å². The van der Waals surface area contributed by atoms with E-state index >= 15 is 0 Å². The van der Waals surface area contributed by atoms with E-state index in [1.54, 1.807) is 0 Å². The highest BCUT2D eigenvalue weighted by molar-refractivity contribution is 14.1. The Morgan fingerprint density at radius 3 is 2.79 bits per heavy atom. The molecule has 1 aromatic rings. The van der Waals surface area contributed by atoms with Gasteiger partial charge in [-0.3, -0.25) is 0 Å². The summed E-state index contributed by atoms with van der Waals surface area (Å²) < 4.78 is 1.09. The minimum Gasteiger partial charge on any atom is -0.348 e. The second-order valence-electron chi connectivity index (χ2n) is 4.30. The average Bonchev–Trinajstić information content (AvgIpc) is 2.72. The molecule has 2 aliphatic rings. The van der Waals surface area contributed by atoms with Crippen molar-refractivity contribution < 1.29 is 0 Å². The van der Waals surface area contributed by atoms with Gasteiger partial charge in [0.25, 0.3) is 0 Å². The van der Waals surface area contributed by atoms with Gasteiger partial charge < -0.3 is 5.32 Å². The molecule has 1 aromatic heterocycles. The summed E-state index contributed by atoms with van der Waals surface area (Å²) in [4.78, 5) is 8.57. The molecule has 74 valence electrons. The molecular formula is C10H12IN3. The Morgan fingerprint density at radius 2 is 2.21 bits per heavy atom. The van der Waals surface area contributed by atoms with Crippen molar-refractivity contribution in [3.63, 3.8) is 0 Å². The minimum atomic E-state index is 0.382. The zero-order valence-electron chi connectivity index (χ0n) is 7.83. The molecule has 0 radical (unpaired) electrons. The lowest BCUT2D eigenvalue weighted by atomic mass is 10.2. The van der Waals surface area contributed by atoms with Gasteiger partial charge in [0.2, 0.25) is 5.95 Å². The molecule has 2 fully saturated rings. The Morgan fingerprint density at radius 1 is 1.43 bits per heavy atom. The highest BCUT2D eigenvalue weighted by Crippen LogP contribution is 2.57. The standard InChI is InChI=1S/C10H12IN3/c11-8-5-12-9(13-6-8)14-10-3-1-2-7(10)4-10/h5-7H,1-4H2,(H,12,13,14). The summed E-state index contributed by atoms with van der Waals surface area (Å²) in [6, 6.07) is 0. The van der Waals surface area contributed by atoms with Crippen molar-refractivity contribution in [3.8, 4) is 0 Å². The molecule has 0 bridgehead atoms. The number of hydrogen-bond donors (Lipinski definition) is 1. The Balaban J connectivity index is 1.76. The van der Waals surface area contributed by atoms with Gasteiger partial charge in [-0.05, 0) is 47.8 Å².